The molecule has 0 unspecified atom stereocenters. The molecule has 0 radical (unpaired) electrons. The van der Waals surface area contributed by atoms with Crippen LogP contribution in [0.1, 0.15) is 106 Å². The lowest BCUT2D eigenvalue weighted by molar-refractivity contribution is -0.162. The number of aromatic nitrogens is 1. The van der Waals surface area contributed by atoms with Crippen molar-refractivity contribution in [2.45, 2.75) is 150 Å². The summed E-state index contributed by atoms with van der Waals surface area (Å²) in [6, 6.07) is 6.98. The van der Waals surface area contributed by atoms with Gasteiger partial charge in [-0.15, -0.1) is 0 Å². The van der Waals surface area contributed by atoms with Crippen LogP contribution in [-0.2, 0) is 51.3 Å². The van der Waals surface area contributed by atoms with Gasteiger partial charge in [0.05, 0.1) is 0 Å². The Morgan fingerprint density at radius 2 is 1.03 bits per heavy atom. The van der Waals surface area contributed by atoms with Crippen molar-refractivity contribution in [3.05, 3.63) is 71.7 Å². The van der Waals surface area contributed by atoms with E-state index in [1.165, 1.54) is 61.8 Å². The van der Waals surface area contributed by atoms with Crippen LogP contribution in [0, 0.1) is 29.5 Å². The smallest absolute Gasteiger partial charge is 0.329 e. The molecule has 7 atom stereocenters. The molecule has 2 aromatic carbocycles. The Kier molecular flexibility index (Phi) is 19.1. The lowest BCUT2D eigenvalue weighted by atomic mass is 9.96. The second-order valence-electron chi connectivity index (χ2n) is 20.0. The topological polar surface area (TPSA) is 179 Å². The number of esters is 1. The number of cyclic esters (lactones) is 1. The van der Waals surface area contributed by atoms with Gasteiger partial charge in [0.15, 0.2) is 6.10 Å². The number of benzene rings is 2. The molecule has 1 aromatic heterocycles. The van der Waals surface area contributed by atoms with E-state index >= 15 is 4.79 Å². The zero-order valence-corrected chi connectivity index (χ0v) is 41.7. The van der Waals surface area contributed by atoms with Gasteiger partial charge in [0.25, 0.3) is 5.91 Å². The summed E-state index contributed by atoms with van der Waals surface area (Å²) in [5, 5.41) is 9.47. The van der Waals surface area contributed by atoms with E-state index in [9.17, 15) is 33.2 Å². The van der Waals surface area contributed by atoms with Crippen molar-refractivity contribution in [2.75, 3.05) is 21.1 Å². The summed E-state index contributed by atoms with van der Waals surface area (Å²) in [6.45, 7) is 18.4. The maximum Gasteiger partial charge on any atom is 0.329 e. The number of likely N-dealkylation sites (N-methyl/N-ethyl adjacent to an activating group) is 3. The first-order valence-corrected chi connectivity index (χ1v) is 23.6. The summed E-state index contributed by atoms with van der Waals surface area (Å²) in [5.41, 5.74) is 2.41. The van der Waals surface area contributed by atoms with Crippen LogP contribution < -0.4 is 16.0 Å². The van der Waals surface area contributed by atoms with Crippen molar-refractivity contribution < 1.29 is 42.7 Å². The first-order valence-electron chi connectivity index (χ1n) is 23.6. The molecular formula is C51H74FN7O8. The molecular weight excluding hydrogens is 858 g/mol. The Hall–Kier alpha value is -5.80. The number of hydrogen-bond donors (Lipinski definition) is 3. The van der Waals surface area contributed by atoms with Gasteiger partial charge in [-0.25, -0.2) is 9.18 Å². The predicted octanol–water partition coefficient (Wildman–Crippen LogP) is 5.46. The number of nitrogens with one attached hydrogen (secondary N) is 3. The number of hydrogen-bond acceptors (Lipinski definition) is 8. The Morgan fingerprint density at radius 1 is 0.582 bits per heavy atom. The van der Waals surface area contributed by atoms with Crippen molar-refractivity contribution >= 4 is 52.3 Å². The van der Waals surface area contributed by atoms with Crippen molar-refractivity contribution in [1.82, 2.24) is 35.2 Å². The molecule has 4 rings (SSSR count). The molecule has 368 valence electrons. The summed E-state index contributed by atoms with van der Waals surface area (Å²) >= 11 is 0. The van der Waals surface area contributed by atoms with E-state index in [0.717, 1.165) is 22.0 Å². The van der Waals surface area contributed by atoms with E-state index in [4.69, 9.17) is 4.74 Å². The summed E-state index contributed by atoms with van der Waals surface area (Å²) in [5.74, 6) is -5.22. The van der Waals surface area contributed by atoms with Gasteiger partial charge in [0, 0.05) is 51.2 Å². The van der Waals surface area contributed by atoms with E-state index in [2.05, 4.69) is 16.0 Å². The van der Waals surface area contributed by atoms with Gasteiger partial charge >= 0.3 is 5.97 Å². The number of ether oxygens (including phenoxy) is 1. The Balaban J connectivity index is 1.89. The van der Waals surface area contributed by atoms with Gasteiger partial charge in [0.2, 0.25) is 29.5 Å². The van der Waals surface area contributed by atoms with Gasteiger partial charge in [-0.05, 0) is 92.5 Å². The lowest BCUT2D eigenvalue weighted by Gasteiger charge is -2.35. The number of nitrogens with zero attached hydrogens (tertiary/aromatic N) is 4. The van der Waals surface area contributed by atoms with Crippen molar-refractivity contribution in [3.63, 3.8) is 0 Å². The number of para-hydroxylation sites is 1. The largest absolute Gasteiger partial charge is 0.451 e. The fraction of sp³-hybridized carbons (Fsp3) is 0.588. The number of fused-ring (bicyclic) bond motifs is 1. The SMILES string of the molecule is CC(C)C[C@@H]1NC(=O)[C@H](Cc2cn(Cc3ccc(F)cc3)c3ccccc23)N(C)C(=O)[C@H](CC(C)C)NC(=O)[C@H](CC(C)C)N(C)C(=O)[C@H](CC(C)C)NC(=O)[C@@H](C)OC(=O)[C@H](C)N(C)C1=O. The highest BCUT2D eigenvalue weighted by Crippen LogP contribution is 2.26. The third-order valence-corrected chi connectivity index (χ3v) is 12.4. The van der Waals surface area contributed by atoms with Crippen LogP contribution in [0.25, 0.3) is 10.9 Å². The molecule has 1 aliphatic heterocycles. The minimum atomic E-state index is -1.36. The monoisotopic (exact) mass is 932 g/mol. The van der Waals surface area contributed by atoms with Crippen LogP contribution in [0.15, 0.2) is 54.7 Å². The summed E-state index contributed by atoms with van der Waals surface area (Å²) < 4.78 is 21.5. The molecule has 6 amide bonds. The highest BCUT2D eigenvalue weighted by atomic mass is 19.1. The summed E-state index contributed by atoms with van der Waals surface area (Å²) in [6.07, 6.45) is 1.36. The fourth-order valence-electron chi connectivity index (χ4n) is 8.53. The Labute approximate surface area is 395 Å². The van der Waals surface area contributed by atoms with E-state index < -0.39 is 83.8 Å². The van der Waals surface area contributed by atoms with Gasteiger partial charge in [0.1, 0.15) is 42.1 Å². The van der Waals surface area contributed by atoms with Crippen molar-refractivity contribution in [3.8, 4) is 0 Å². The molecule has 3 aromatic rings. The quantitative estimate of drug-likeness (QED) is 0.201. The lowest BCUT2D eigenvalue weighted by Crippen LogP contribution is -2.60. The van der Waals surface area contributed by atoms with Gasteiger partial charge in [-0.3, -0.25) is 28.8 Å². The molecule has 1 saturated heterocycles. The van der Waals surface area contributed by atoms with Gasteiger partial charge < -0.3 is 40.0 Å². The second-order valence-corrected chi connectivity index (χ2v) is 20.0. The summed E-state index contributed by atoms with van der Waals surface area (Å²) in [4.78, 5) is 104. The Morgan fingerprint density at radius 3 is 1.54 bits per heavy atom. The fourth-order valence-corrected chi connectivity index (χ4v) is 8.53. The average molecular weight is 932 g/mol. The van der Waals surface area contributed by atoms with E-state index in [0.29, 0.717) is 6.54 Å². The van der Waals surface area contributed by atoms with Crippen LogP contribution >= 0.6 is 0 Å². The van der Waals surface area contributed by atoms with Crippen LogP contribution in [0.3, 0.4) is 0 Å². The maximum absolute atomic E-state index is 15.0. The first-order chi connectivity index (χ1) is 31.4. The second kappa shape index (κ2) is 23.8. The molecule has 0 aliphatic carbocycles. The number of carbonyl (C=O) groups excluding carboxylic acids is 7. The van der Waals surface area contributed by atoms with Crippen LogP contribution in [0.4, 0.5) is 4.39 Å². The molecule has 0 bridgehead atoms. The van der Waals surface area contributed by atoms with Crippen molar-refractivity contribution in [2.24, 2.45) is 23.7 Å². The van der Waals surface area contributed by atoms with Gasteiger partial charge in [-0.1, -0.05) is 85.7 Å². The van der Waals surface area contributed by atoms with Crippen LogP contribution in [0.5, 0.6) is 0 Å². The zero-order chi connectivity index (χ0) is 50.0. The number of carbonyl (C=O) groups is 7. The van der Waals surface area contributed by atoms with Crippen molar-refractivity contribution in [1.29, 1.82) is 0 Å². The molecule has 3 N–H and O–H groups in total. The molecule has 2 heterocycles. The van der Waals surface area contributed by atoms with Crippen LogP contribution in [0.2, 0.25) is 0 Å². The van der Waals surface area contributed by atoms with E-state index in [-0.39, 0.29) is 61.6 Å². The minimum Gasteiger partial charge on any atom is -0.451 e. The van der Waals surface area contributed by atoms with Crippen LogP contribution in [-0.4, -0.2) is 124 Å². The zero-order valence-electron chi connectivity index (χ0n) is 41.7. The summed E-state index contributed by atoms with van der Waals surface area (Å²) in [7, 11) is 4.41. The minimum absolute atomic E-state index is 0.00211. The predicted molar refractivity (Wildman–Crippen MR) is 256 cm³/mol. The first kappa shape index (κ1) is 53.8. The van der Waals surface area contributed by atoms with E-state index in [1.54, 1.807) is 12.1 Å². The Bertz CT molecular complexity index is 2220. The number of halogens is 1. The highest BCUT2D eigenvalue weighted by Gasteiger charge is 2.40. The van der Waals surface area contributed by atoms with E-state index in [1.807, 2.05) is 90.4 Å². The molecule has 1 aliphatic rings. The molecule has 0 saturated carbocycles. The molecule has 1 fully saturated rings. The average Bonchev–Trinajstić information content (AvgIpc) is 3.60. The molecule has 67 heavy (non-hydrogen) atoms. The third-order valence-electron chi connectivity index (χ3n) is 12.4. The maximum atomic E-state index is 15.0. The third kappa shape index (κ3) is 14.4. The normalized spacial score (nSPS) is 23.8. The highest BCUT2D eigenvalue weighted by molar-refractivity contribution is 5.98. The molecule has 0 spiro atoms. The number of rotatable bonds is 12. The van der Waals surface area contributed by atoms with Gasteiger partial charge in [-0.2, -0.15) is 0 Å². The molecule has 15 nitrogen and oxygen atoms in total. The molecule has 16 heteroatoms. The standard InChI is InChI=1S/C51H74FN7O8/c1-29(2)22-39-48(63)56(11)33(9)51(66)67-34(10)45(60)53-40(23-30(3)4)49(64)57(12)43(25-32(7)8)46(61)55-41(24-31(5)6)50(65)58(13)44(47(62)54-39)26-36-28-59(42-17-15-14-16-38(36)42)27-35-18-20-37(52)21-19-35/h14-21,28-34,39-41,43-44H,22-27H2,1-13H3,(H,53,60)(H,54,62)(H,55,61)/t33-,34+,39-,40-,41-,43-,44-/m0/s1. The number of amides is 6.